The lowest BCUT2D eigenvalue weighted by atomic mass is 9.79. The van der Waals surface area contributed by atoms with Crippen LogP contribution in [0.1, 0.15) is 51.7 Å². The highest BCUT2D eigenvalue weighted by molar-refractivity contribution is 6.62. The SMILES string of the molecule is CC1(C)OB(c2ccc(CC(=O)N3CCC(NC(=O)OCc4ccccc4)CC3)cc2)OC1(C)C. The summed E-state index contributed by atoms with van der Waals surface area (Å²) in [5.41, 5.74) is 2.09. The number of amides is 2. The smallest absolute Gasteiger partial charge is 0.445 e. The van der Waals surface area contributed by atoms with E-state index < -0.39 is 13.2 Å². The summed E-state index contributed by atoms with van der Waals surface area (Å²) in [4.78, 5) is 26.8. The molecule has 0 aliphatic carbocycles. The molecule has 0 radical (unpaired) electrons. The Kier molecular flexibility index (Phi) is 7.52. The number of nitrogens with one attached hydrogen (secondary N) is 1. The zero-order valence-corrected chi connectivity index (χ0v) is 21.1. The molecule has 2 aliphatic heterocycles. The fourth-order valence-corrected chi connectivity index (χ4v) is 4.26. The minimum Gasteiger partial charge on any atom is -0.445 e. The summed E-state index contributed by atoms with van der Waals surface area (Å²) >= 11 is 0. The lowest BCUT2D eigenvalue weighted by Crippen LogP contribution is -2.47. The van der Waals surface area contributed by atoms with Gasteiger partial charge in [-0.05, 0) is 57.1 Å². The Bertz CT molecular complexity index is 1000. The summed E-state index contributed by atoms with van der Waals surface area (Å²) in [6, 6.07) is 17.5. The topological polar surface area (TPSA) is 77.1 Å². The first-order valence-corrected chi connectivity index (χ1v) is 12.3. The average Bonchev–Trinajstić information content (AvgIpc) is 3.06. The van der Waals surface area contributed by atoms with Gasteiger partial charge in [0.25, 0.3) is 0 Å². The molecule has 8 heteroatoms. The van der Waals surface area contributed by atoms with E-state index in [1.165, 1.54) is 0 Å². The van der Waals surface area contributed by atoms with Gasteiger partial charge in [-0.15, -0.1) is 0 Å². The fourth-order valence-electron chi connectivity index (χ4n) is 4.26. The van der Waals surface area contributed by atoms with Crippen molar-refractivity contribution in [2.45, 2.75) is 70.8 Å². The molecule has 2 aromatic rings. The first-order valence-electron chi connectivity index (χ1n) is 12.3. The largest absolute Gasteiger partial charge is 0.494 e. The highest BCUT2D eigenvalue weighted by atomic mass is 16.7. The number of rotatable bonds is 6. The third-order valence-electron chi connectivity index (χ3n) is 7.24. The molecular weight excluding hydrogens is 443 g/mol. The molecule has 2 saturated heterocycles. The van der Waals surface area contributed by atoms with Gasteiger partial charge in [0, 0.05) is 19.1 Å². The molecule has 2 aliphatic rings. The fraction of sp³-hybridized carbons (Fsp3) is 0.481. The molecule has 0 unspecified atom stereocenters. The van der Waals surface area contributed by atoms with Crippen LogP contribution in [0.25, 0.3) is 0 Å². The molecule has 1 N–H and O–H groups in total. The molecule has 0 aromatic heterocycles. The monoisotopic (exact) mass is 478 g/mol. The van der Waals surface area contributed by atoms with Gasteiger partial charge in [0.2, 0.25) is 5.91 Å². The van der Waals surface area contributed by atoms with Gasteiger partial charge in [0.15, 0.2) is 0 Å². The zero-order chi connectivity index (χ0) is 25.1. The minimum absolute atomic E-state index is 0.0153. The molecule has 35 heavy (non-hydrogen) atoms. The third-order valence-corrected chi connectivity index (χ3v) is 7.24. The Morgan fingerprint density at radius 3 is 2.14 bits per heavy atom. The van der Waals surface area contributed by atoms with E-state index in [9.17, 15) is 9.59 Å². The lowest BCUT2D eigenvalue weighted by molar-refractivity contribution is -0.131. The van der Waals surface area contributed by atoms with Gasteiger partial charge in [-0.3, -0.25) is 4.79 Å². The minimum atomic E-state index is -0.416. The summed E-state index contributed by atoms with van der Waals surface area (Å²) in [6.07, 6.45) is 1.36. The number of benzene rings is 2. The number of piperidine rings is 1. The van der Waals surface area contributed by atoms with Crippen LogP contribution in [0.2, 0.25) is 0 Å². The van der Waals surface area contributed by atoms with Crippen molar-refractivity contribution in [1.29, 1.82) is 0 Å². The first-order chi connectivity index (χ1) is 16.6. The van der Waals surface area contributed by atoms with E-state index in [1.54, 1.807) is 0 Å². The number of carbonyl (C=O) groups is 2. The summed E-state index contributed by atoms with van der Waals surface area (Å²) in [5, 5.41) is 2.92. The second kappa shape index (κ2) is 10.4. The average molecular weight is 478 g/mol. The normalized spacial score (nSPS) is 19.4. The van der Waals surface area contributed by atoms with Gasteiger partial charge < -0.3 is 24.3 Å². The van der Waals surface area contributed by atoms with Crippen molar-refractivity contribution in [2.24, 2.45) is 0 Å². The highest BCUT2D eigenvalue weighted by Gasteiger charge is 2.51. The van der Waals surface area contributed by atoms with Crippen molar-refractivity contribution in [1.82, 2.24) is 10.2 Å². The van der Waals surface area contributed by atoms with E-state index >= 15 is 0 Å². The Balaban J connectivity index is 1.20. The second-order valence-corrected chi connectivity index (χ2v) is 10.4. The summed E-state index contributed by atoms with van der Waals surface area (Å²) in [5.74, 6) is 0.0958. The Labute approximate surface area is 208 Å². The third kappa shape index (κ3) is 6.24. The van der Waals surface area contributed by atoms with Crippen LogP contribution in [0.5, 0.6) is 0 Å². The lowest BCUT2D eigenvalue weighted by Gasteiger charge is -2.32. The molecule has 7 nitrogen and oxygen atoms in total. The maximum Gasteiger partial charge on any atom is 0.494 e. The molecule has 0 atom stereocenters. The van der Waals surface area contributed by atoms with Crippen LogP contribution < -0.4 is 10.8 Å². The van der Waals surface area contributed by atoms with Crippen LogP contribution in [-0.4, -0.2) is 54.4 Å². The molecular formula is C27H35BN2O5. The molecule has 0 saturated carbocycles. The summed E-state index contributed by atoms with van der Waals surface area (Å²) in [7, 11) is -0.407. The van der Waals surface area contributed by atoms with Crippen molar-refractivity contribution in [3.05, 3.63) is 65.7 Å². The molecule has 2 fully saturated rings. The van der Waals surface area contributed by atoms with Crippen molar-refractivity contribution < 1.29 is 23.6 Å². The maximum atomic E-state index is 12.8. The van der Waals surface area contributed by atoms with Crippen LogP contribution in [0.15, 0.2) is 54.6 Å². The first kappa shape index (κ1) is 25.3. The van der Waals surface area contributed by atoms with E-state index in [4.69, 9.17) is 14.0 Å². The van der Waals surface area contributed by atoms with Crippen LogP contribution in [0, 0.1) is 0 Å². The van der Waals surface area contributed by atoms with E-state index in [0.29, 0.717) is 32.4 Å². The Morgan fingerprint density at radius 2 is 1.54 bits per heavy atom. The van der Waals surface area contributed by atoms with Gasteiger partial charge in [-0.25, -0.2) is 4.79 Å². The molecule has 0 spiro atoms. The Morgan fingerprint density at radius 1 is 0.943 bits per heavy atom. The van der Waals surface area contributed by atoms with Crippen molar-refractivity contribution in [2.75, 3.05) is 13.1 Å². The number of carbonyl (C=O) groups excluding carboxylic acids is 2. The zero-order valence-electron chi connectivity index (χ0n) is 21.1. The molecule has 2 heterocycles. The van der Waals surface area contributed by atoms with Crippen LogP contribution in [-0.2, 0) is 31.9 Å². The molecule has 0 bridgehead atoms. The van der Waals surface area contributed by atoms with Crippen LogP contribution in [0.3, 0.4) is 0 Å². The van der Waals surface area contributed by atoms with Gasteiger partial charge in [-0.2, -0.15) is 0 Å². The number of alkyl carbamates (subject to hydrolysis) is 1. The van der Waals surface area contributed by atoms with Gasteiger partial charge in [0.1, 0.15) is 6.61 Å². The summed E-state index contributed by atoms with van der Waals surface area (Å²) < 4.78 is 17.5. The van der Waals surface area contributed by atoms with E-state index in [1.807, 2.05) is 87.2 Å². The van der Waals surface area contributed by atoms with Crippen molar-refractivity contribution in [3.8, 4) is 0 Å². The molecule has 4 rings (SSSR count). The van der Waals surface area contributed by atoms with Gasteiger partial charge >= 0.3 is 13.2 Å². The quantitative estimate of drug-likeness (QED) is 0.644. The highest BCUT2D eigenvalue weighted by Crippen LogP contribution is 2.36. The predicted octanol–water partition coefficient (Wildman–Crippen LogP) is 3.45. The van der Waals surface area contributed by atoms with Crippen LogP contribution in [0.4, 0.5) is 4.79 Å². The number of likely N-dealkylation sites (tertiary alicyclic amines) is 1. The number of hydrogen-bond donors (Lipinski definition) is 1. The summed E-state index contributed by atoms with van der Waals surface area (Å²) in [6.45, 7) is 9.62. The van der Waals surface area contributed by atoms with Gasteiger partial charge in [0.05, 0.1) is 17.6 Å². The van der Waals surface area contributed by atoms with E-state index in [0.717, 1.165) is 16.6 Å². The standard InChI is InChI=1S/C27H35BN2O5/c1-26(2)27(3,4)35-28(34-26)22-12-10-20(11-13-22)18-24(31)30-16-14-23(15-17-30)29-25(32)33-19-21-8-6-5-7-9-21/h5-13,23H,14-19H2,1-4H3,(H,29,32). The molecule has 2 amide bonds. The predicted molar refractivity (Wildman–Crippen MR) is 135 cm³/mol. The number of ether oxygens (including phenoxy) is 1. The van der Waals surface area contributed by atoms with Gasteiger partial charge in [-0.1, -0.05) is 54.6 Å². The molecule has 2 aromatic carbocycles. The second-order valence-electron chi connectivity index (χ2n) is 10.4. The van der Waals surface area contributed by atoms with Crippen LogP contribution >= 0.6 is 0 Å². The Hall–Kier alpha value is -2.84. The van der Waals surface area contributed by atoms with Crippen molar-refractivity contribution in [3.63, 3.8) is 0 Å². The number of hydrogen-bond acceptors (Lipinski definition) is 5. The number of nitrogens with zero attached hydrogens (tertiary/aromatic N) is 1. The van der Waals surface area contributed by atoms with E-state index in [-0.39, 0.29) is 29.8 Å². The van der Waals surface area contributed by atoms with E-state index in [2.05, 4.69) is 5.32 Å². The maximum absolute atomic E-state index is 12.8. The van der Waals surface area contributed by atoms with Crippen molar-refractivity contribution >= 4 is 24.6 Å². The molecule has 186 valence electrons.